The highest BCUT2D eigenvalue weighted by Crippen LogP contribution is 2.22. The minimum absolute atomic E-state index is 0.0363. The summed E-state index contributed by atoms with van der Waals surface area (Å²) in [7, 11) is 1.99. The number of nitrogens with zero attached hydrogens (tertiary/aromatic N) is 4. The minimum atomic E-state index is -1.68. The quantitative estimate of drug-likeness (QED) is 0.378. The molecule has 2 rings (SSSR count). The van der Waals surface area contributed by atoms with E-state index in [-0.39, 0.29) is 11.2 Å². The van der Waals surface area contributed by atoms with Crippen molar-refractivity contribution >= 4 is 35.3 Å². The molecule has 23 heavy (non-hydrogen) atoms. The van der Waals surface area contributed by atoms with Gasteiger partial charge < -0.3 is 14.9 Å². The SMILES string of the molecule is CN(C)c1ccc(N=Nc2ccc([N+](=O)[O-])cc2)c(B(O)O)c1. The normalized spacial score (nSPS) is 10.8. The molecule has 118 valence electrons. The molecule has 0 heterocycles. The predicted molar refractivity (Wildman–Crippen MR) is 87.9 cm³/mol. The molecule has 0 bridgehead atoms. The Morgan fingerprint density at radius 1 is 1.09 bits per heavy atom. The number of anilines is 1. The summed E-state index contributed by atoms with van der Waals surface area (Å²) in [6.45, 7) is 0. The van der Waals surface area contributed by atoms with Crippen LogP contribution in [0.25, 0.3) is 0 Å². The molecule has 2 N–H and O–H groups in total. The van der Waals surface area contributed by atoms with Crippen LogP contribution >= 0.6 is 0 Å². The Balaban J connectivity index is 2.29. The summed E-state index contributed by atoms with van der Waals surface area (Å²) in [5.41, 5.74) is 1.71. The summed E-state index contributed by atoms with van der Waals surface area (Å²) in [5.74, 6) is 0. The molecule has 9 heteroatoms. The van der Waals surface area contributed by atoms with Gasteiger partial charge in [-0.05, 0) is 30.3 Å². The van der Waals surface area contributed by atoms with E-state index in [0.717, 1.165) is 5.69 Å². The summed E-state index contributed by atoms with van der Waals surface area (Å²) >= 11 is 0. The topological polar surface area (TPSA) is 112 Å². The Labute approximate surface area is 133 Å². The van der Waals surface area contributed by atoms with E-state index in [0.29, 0.717) is 11.4 Å². The van der Waals surface area contributed by atoms with Crippen molar-refractivity contribution in [2.45, 2.75) is 0 Å². The van der Waals surface area contributed by atoms with Crippen LogP contribution in [0.3, 0.4) is 0 Å². The van der Waals surface area contributed by atoms with Crippen LogP contribution in [-0.4, -0.2) is 36.2 Å². The van der Waals surface area contributed by atoms with Gasteiger partial charge in [-0.3, -0.25) is 10.1 Å². The van der Waals surface area contributed by atoms with E-state index in [4.69, 9.17) is 0 Å². The van der Waals surface area contributed by atoms with Crippen LogP contribution < -0.4 is 10.4 Å². The fourth-order valence-corrected chi connectivity index (χ4v) is 1.87. The van der Waals surface area contributed by atoms with Gasteiger partial charge in [0.1, 0.15) is 0 Å². The second-order valence-electron chi connectivity index (χ2n) is 4.98. The Hall–Kier alpha value is -2.78. The number of nitro groups is 1. The highest BCUT2D eigenvalue weighted by atomic mass is 16.6. The first-order valence-corrected chi connectivity index (χ1v) is 6.72. The molecule has 0 amide bonds. The molecule has 2 aromatic carbocycles. The third-order valence-electron chi connectivity index (χ3n) is 3.14. The van der Waals surface area contributed by atoms with Crippen molar-refractivity contribution < 1.29 is 15.0 Å². The van der Waals surface area contributed by atoms with E-state index in [2.05, 4.69) is 10.2 Å². The van der Waals surface area contributed by atoms with Crippen molar-refractivity contribution in [3.63, 3.8) is 0 Å². The highest BCUT2D eigenvalue weighted by molar-refractivity contribution is 6.60. The van der Waals surface area contributed by atoms with Gasteiger partial charge in [-0.25, -0.2) is 0 Å². The maximum absolute atomic E-state index is 10.6. The lowest BCUT2D eigenvalue weighted by Gasteiger charge is -2.14. The first kappa shape index (κ1) is 16.6. The van der Waals surface area contributed by atoms with Gasteiger partial charge in [0.25, 0.3) is 5.69 Å². The van der Waals surface area contributed by atoms with E-state index in [1.165, 1.54) is 24.3 Å². The van der Waals surface area contributed by atoms with Gasteiger partial charge in [-0.2, -0.15) is 10.2 Å². The van der Waals surface area contributed by atoms with E-state index in [1.54, 1.807) is 18.2 Å². The molecule has 0 saturated heterocycles. The molecule has 2 aromatic rings. The van der Waals surface area contributed by atoms with Crippen molar-refractivity contribution in [3.8, 4) is 0 Å². The maximum atomic E-state index is 10.6. The van der Waals surface area contributed by atoms with E-state index in [9.17, 15) is 20.2 Å². The van der Waals surface area contributed by atoms with Crippen LogP contribution in [0.4, 0.5) is 22.7 Å². The van der Waals surface area contributed by atoms with E-state index in [1.807, 2.05) is 19.0 Å². The van der Waals surface area contributed by atoms with Crippen LogP contribution in [0.15, 0.2) is 52.7 Å². The van der Waals surface area contributed by atoms with Crippen molar-refractivity contribution in [2.75, 3.05) is 19.0 Å². The molecule has 0 fully saturated rings. The van der Waals surface area contributed by atoms with Crippen LogP contribution in [0, 0.1) is 10.1 Å². The monoisotopic (exact) mass is 314 g/mol. The van der Waals surface area contributed by atoms with Crippen molar-refractivity contribution in [1.29, 1.82) is 0 Å². The zero-order valence-corrected chi connectivity index (χ0v) is 12.6. The minimum Gasteiger partial charge on any atom is -0.423 e. The summed E-state index contributed by atoms with van der Waals surface area (Å²) in [5, 5.41) is 37.5. The molecular formula is C14H15BN4O4. The molecule has 0 aliphatic heterocycles. The molecule has 0 aliphatic carbocycles. The largest absolute Gasteiger partial charge is 0.490 e. The standard InChI is InChI=1S/C14H15BN4O4/c1-18(2)12-7-8-14(13(9-12)15(20)21)17-16-10-3-5-11(6-4-10)19(22)23/h3-9,20-21H,1-2H3. The molecular weight excluding hydrogens is 299 g/mol. The van der Waals surface area contributed by atoms with Crippen LogP contribution in [0.1, 0.15) is 0 Å². The van der Waals surface area contributed by atoms with Crippen LogP contribution in [-0.2, 0) is 0 Å². The summed E-state index contributed by atoms with van der Waals surface area (Å²) in [6, 6.07) is 10.6. The lowest BCUT2D eigenvalue weighted by molar-refractivity contribution is -0.384. The molecule has 0 atom stereocenters. The van der Waals surface area contributed by atoms with E-state index < -0.39 is 12.0 Å². The summed E-state index contributed by atoms with van der Waals surface area (Å²) in [4.78, 5) is 11.9. The second kappa shape index (κ2) is 6.99. The number of nitro benzene ring substituents is 1. The molecule has 0 unspecified atom stereocenters. The third kappa shape index (κ3) is 4.12. The van der Waals surface area contributed by atoms with Crippen molar-refractivity contribution in [3.05, 3.63) is 52.6 Å². The lowest BCUT2D eigenvalue weighted by atomic mass is 9.79. The molecule has 0 spiro atoms. The number of non-ortho nitro benzene ring substituents is 1. The highest BCUT2D eigenvalue weighted by Gasteiger charge is 2.17. The molecule has 0 aliphatic rings. The molecule has 8 nitrogen and oxygen atoms in total. The van der Waals surface area contributed by atoms with Crippen LogP contribution in [0.5, 0.6) is 0 Å². The first-order valence-electron chi connectivity index (χ1n) is 6.72. The van der Waals surface area contributed by atoms with Crippen molar-refractivity contribution in [2.24, 2.45) is 10.2 Å². The number of rotatable bonds is 5. The Morgan fingerprint density at radius 3 is 2.26 bits per heavy atom. The fourth-order valence-electron chi connectivity index (χ4n) is 1.87. The van der Waals surface area contributed by atoms with Gasteiger partial charge in [0.05, 0.1) is 16.3 Å². The molecule has 0 radical (unpaired) electrons. The Bertz CT molecular complexity index is 732. The Kier molecular flexibility index (Phi) is 5.04. The zero-order valence-electron chi connectivity index (χ0n) is 12.6. The average molecular weight is 314 g/mol. The van der Waals surface area contributed by atoms with Gasteiger partial charge in [-0.15, -0.1) is 0 Å². The first-order chi connectivity index (χ1) is 10.9. The second-order valence-corrected chi connectivity index (χ2v) is 4.98. The number of hydrogen-bond acceptors (Lipinski definition) is 7. The Morgan fingerprint density at radius 2 is 1.74 bits per heavy atom. The van der Waals surface area contributed by atoms with Crippen LogP contribution in [0.2, 0.25) is 0 Å². The van der Waals surface area contributed by atoms with E-state index >= 15 is 0 Å². The number of azo groups is 1. The number of hydrogen-bond donors (Lipinski definition) is 2. The van der Waals surface area contributed by atoms with Gasteiger partial charge in [0.15, 0.2) is 0 Å². The summed E-state index contributed by atoms with van der Waals surface area (Å²) in [6.07, 6.45) is 0. The average Bonchev–Trinajstić information content (AvgIpc) is 2.52. The van der Waals surface area contributed by atoms with Crippen molar-refractivity contribution in [1.82, 2.24) is 0 Å². The fraction of sp³-hybridized carbons (Fsp3) is 0.143. The smallest absolute Gasteiger partial charge is 0.423 e. The van der Waals surface area contributed by atoms with Gasteiger partial charge in [-0.1, -0.05) is 0 Å². The van der Waals surface area contributed by atoms with Gasteiger partial charge in [0, 0.05) is 37.4 Å². The van der Waals surface area contributed by atoms with Gasteiger partial charge in [0.2, 0.25) is 0 Å². The predicted octanol–water partition coefficient (Wildman–Crippen LogP) is 1.76. The molecule has 0 saturated carbocycles. The maximum Gasteiger partial charge on any atom is 0.490 e. The third-order valence-corrected chi connectivity index (χ3v) is 3.14. The lowest BCUT2D eigenvalue weighted by Crippen LogP contribution is -2.30. The molecule has 0 aromatic heterocycles. The van der Waals surface area contributed by atoms with Gasteiger partial charge >= 0.3 is 7.12 Å². The zero-order chi connectivity index (χ0) is 17.0. The summed E-state index contributed by atoms with van der Waals surface area (Å²) < 4.78 is 0. The number of benzene rings is 2.